The van der Waals surface area contributed by atoms with Gasteiger partial charge in [-0.15, -0.1) is 0 Å². The van der Waals surface area contributed by atoms with Gasteiger partial charge in [0, 0.05) is 30.1 Å². The first-order valence-electron chi connectivity index (χ1n) is 7.87. The Morgan fingerprint density at radius 2 is 2.30 bits per heavy atom. The maximum Gasteiger partial charge on any atom is 0.122 e. The van der Waals surface area contributed by atoms with Crippen molar-refractivity contribution in [1.29, 1.82) is 0 Å². The Morgan fingerprint density at radius 3 is 2.91 bits per heavy atom. The minimum absolute atomic E-state index is 0.0319. The van der Waals surface area contributed by atoms with Crippen molar-refractivity contribution >= 4 is 5.71 Å². The molecule has 1 fully saturated rings. The van der Waals surface area contributed by atoms with E-state index in [9.17, 15) is 0 Å². The molecule has 5 heteroatoms. The highest BCUT2D eigenvalue weighted by Gasteiger charge is 2.17. The van der Waals surface area contributed by atoms with Crippen LogP contribution in [0.2, 0.25) is 0 Å². The van der Waals surface area contributed by atoms with Crippen LogP contribution in [0.4, 0.5) is 0 Å². The summed E-state index contributed by atoms with van der Waals surface area (Å²) in [5.41, 5.74) is 2.54. The minimum Gasteiger partial charge on any atom is -0.393 e. The largest absolute Gasteiger partial charge is 0.393 e. The fourth-order valence-electron chi connectivity index (χ4n) is 1.94. The first-order chi connectivity index (χ1) is 11.2. The number of hydrogen-bond acceptors (Lipinski definition) is 4. The zero-order valence-corrected chi connectivity index (χ0v) is 13.4. The van der Waals surface area contributed by atoms with Gasteiger partial charge in [0.05, 0.1) is 12.9 Å². The molecule has 0 radical (unpaired) electrons. The summed E-state index contributed by atoms with van der Waals surface area (Å²) in [6.45, 7) is 4.49. The molecule has 0 bridgehead atoms. The molecule has 0 N–H and O–H groups in total. The second kappa shape index (κ2) is 7.10. The van der Waals surface area contributed by atoms with Crippen LogP contribution in [0, 0.1) is 17.8 Å². The van der Waals surface area contributed by atoms with E-state index < -0.39 is 0 Å². The third-order valence-corrected chi connectivity index (χ3v) is 3.34. The van der Waals surface area contributed by atoms with Crippen LogP contribution < -0.4 is 0 Å². The van der Waals surface area contributed by atoms with Crippen LogP contribution in [0.15, 0.2) is 42.2 Å². The van der Waals surface area contributed by atoms with Crippen LogP contribution in [0.3, 0.4) is 0 Å². The van der Waals surface area contributed by atoms with Crippen LogP contribution in [-0.4, -0.2) is 26.4 Å². The normalized spacial score (nSPS) is 14.5. The van der Waals surface area contributed by atoms with E-state index in [0.29, 0.717) is 12.5 Å². The van der Waals surface area contributed by atoms with E-state index in [1.165, 1.54) is 12.8 Å². The Kier molecular flexibility index (Phi) is 4.72. The summed E-state index contributed by atoms with van der Waals surface area (Å²) in [4.78, 5) is 13.9. The van der Waals surface area contributed by atoms with Crippen molar-refractivity contribution in [1.82, 2.24) is 14.5 Å². The molecule has 0 aromatic carbocycles. The molecule has 0 saturated heterocycles. The van der Waals surface area contributed by atoms with E-state index in [0.717, 1.165) is 17.0 Å². The molecule has 1 saturated carbocycles. The Bertz CT molecular complexity index is 717. The number of hydrogen-bond donors (Lipinski definition) is 0. The molecule has 2 heterocycles. The van der Waals surface area contributed by atoms with E-state index in [1.54, 1.807) is 18.7 Å². The van der Waals surface area contributed by atoms with Crippen molar-refractivity contribution in [2.75, 3.05) is 0 Å². The molecule has 3 rings (SSSR count). The Hall–Kier alpha value is -2.61. The highest BCUT2D eigenvalue weighted by molar-refractivity contribution is 5.99. The number of rotatable bonds is 5. The summed E-state index contributed by atoms with van der Waals surface area (Å²) in [6, 6.07) is 3.92. The van der Waals surface area contributed by atoms with Crippen LogP contribution in [0.25, 0.3) is 0 Å². The van der Waals surface area contributed by atoms with E-state index in [1.807, 2.05) is 36.7 Å². The van der Waals surface area contributed by atoms with Gasteiger partial charge in [0.25, 0.3) is 0 Å². The fourth-order valence-corrected chi connectivity index (χ4v) is 1.94. The van der Waals surface area contributed by atoms with Gasteiger partial charge in [0.15, 0.2) is 0 Å². The minimum atomic E-state index is 0.0319. The molecule has 0 atom stereocenters. The van der Waals surface area contributed by atoms with Crippen molar-refractivity contribution in [3.05, 3.63) is 48.3 Å². The van der Waals surface area contributed by atoms with Gasteiger partial charge in [-0.25, -0.2) is 9.97 Å². The van der Waals surface area contributed by atoms with E-state index in [2.05, 4.69) is 27.0 Å². The van der Waals surface area contributed by atoms with Crippen LogP contribution in [-0.2, 0) is 11.4 Å². The second-order valence-electron chi connectivity index (χ2n) is 5.90. The van der Waals surface area contributed by atoms with Crippen molar-refractivity contribution in [3.8, 4) is 11.8 Å². The second-order valence-corrected chi connectivity index (χ2v) is 5.90. The summed E-state index contributed by atoms with van der Waals surface area (Å²) in [5, 5.41) is 4.27. The Labute approximate surface area is 136 Å². The smallest absolute Gasteiger partial charge is 0.122 e. The summed E-state index contributed by atoms with van der Waals surface area (Å²) in [6.07, 6.45) is 9.68. The maximum absolute atomic E-state index is 5.42. The Balaban J connectivity index is 1.77. The van der Waals surface area contributed by atoms with Crippen molar-refractivity contribution in [3.63, 3.8) is 0 Å². The number of imidazole rings is 1. The molecular weight excluding hydrogens is 288 g/mol. The van der Waals surface area contributed by atoms with Crippen molar-refractivity contribution in [2.24, 2.45) is 11.1 Å². The highest BCUT2D eigenvalue weighted by Crippen LogP contribution is 2.27. The summed E-state index contributed by atoms with van der Waals surface area (Å²) in [5.74, 6) is 6.92. The van der Waals surface area contributed by atoms with Gasteiger partial charge < -0.3 is 9.40 Å². The standard InChI is InChI=1S/C18H20N4O/c1-14(2)23-21-18(12-22-10-9-19-13-22)16-6-8-17(20-11-16)7-5-15-3-4-15/h6,8-11,13-15H,3-4,12H2,1-2H3/b21-18+. The molecular formula is C18H20N4O. The van der Waals surface area contributed by atoms with Gasteiger partial charge in [-0.05, 0) is 44.7 Å². The summed E-state index contributed by atoms with van der Waals surface area (Å²) < 4.78 is 1.95. The van der Waals surface area contributed by atoms with Crippen LogP contribution in [0.5, 0.6) is 0 Å². The molecule has 2 aromatic rings. The van der Waals surface area contributed by atoms with Crippen molar-refractivity contribution < 1.29 is 4.84 Å². The van der Waals surface area contributed by atoms with E-state index >= 15 is 0 Å². The summed E-state index contributed by atoms with van der Waals surface area (Å²) >= 11 is 0. The number of aromatic nitrogens is 3. The SMILES string of the molecule is CC(C)O/N=C(\Cn1ccnc1)c1ccc(C#CC2CC2)nc1. The van der Waals surface area contributed by atoms with Gasteiger partial charge in [-0.3, -0.25) is 0 Å². The van der Waals surface area contributed by atoms with Crippen molar-refractivity contribution in [2.45, 2.75) is 39.3 Å². The van der Waals surface area contributed by atoms with E-state index in [4.69, 9.17) is 4.84 Å². The van der Waals surface area contributed by atoms with Gasteiger partial charge in [-0.2, -0.15) is 0 Å². The predicted molar refractivity (Wildman–Crippen MR) is 88.8 cm³/mol. The van der Waals surface area contributed by atoms with Gasteiger partial charge in [0.2, 0.25) is 0 Å². The van der Waals surface area contributed by atoms with Gasteiger partial charge in [0.1, 0.15) is 17.5 Å². The lowest BCUT2D eigenvalue weighted by atomic mass is 10.1. The van der Waals surface area contributed by atoms with Crippen LogP contribution >= 0.6 is 0 Å². The predicted octanol–water partition coefficient (Wildman–Crippen LogP) is 2.87. The third kappa shape index (κ3) is 4.68. The molecule has 5 nitrogen and oxygen atoms in total. The molecule has 1 aliphatic carbocycles. The number of nitrogens with zero attached hydrogens (tertiary/aromatic N) is 4. The molecule has 0 amide bonds. The molecule has 2 aromatic heterocycles. The third-order valence-electron chi connectivity index (χ3n) is 3.34. The van der Waals surface area contributed by atoms with Gasteiger partial charge in [-0.1, -0.05) is 11.1 Å². The zero-order chi connectivity index (χ0) is 16.1. The van der Waals surface area contributed by atoms with Crippen LogP contribution in [0.1, 0.15) is 37.9 Å². The Morgan fingerprint density at radius 1 is 1.43 bits per heavy atom. The zero-order valence-electron chi connectivity index (χ0n) is 13.4. The molecule has 1 aliphatic rings. The van der Waals surface area contributed by atoms with E-state index in [-0.39, 0.29) is 6.10 Å². The molecule has 0 unspecified atom stereocenters. The fraction of sp³-hybridized carbons (Fsp3) is 0.389. The molecule has 118 valence electrons. The first-order valence-corrected chi connectivity index (χ1v) is 7.87. The van der Waals surface area contributed by atoms with Gasteiger partial charge >= 0.3 is 0 Å². The molecule has 23 heavy (non-hydrogen) atoms. The number of pyridine rings is 1. The lowest BCUT2D eigenvalue weighted by molar-refractivity contribution is 0.0855. The average Bonchev–Trinajstić information content (AvgIpc) is 3.24. The lowest BCUT2D eigenvalue weighted by Gasteiger charge is -2.09. The lowest BCUT2D eigenvalue weighted by Crippen LogP contribution is -2.13. The quantitative estimate of drug-likeness (QED) is 0.485. The molecule has 0 aliphatic heterocycles. The topological polar surface area (TPSA) is 52.3 Å². The average molecular weight is 308 g/mol. The first kappa shape index (κ1) is 15.3. The highest BCUT2D eigenvalue weighted by atomic mass is 16.6. The molecule has 0 spiro atoms. The number of oxime groups is 1. The maximum atomic E-state index is 5.42. The monoisotopic (exact) mass is 308 g/mol. The summed E-state index contributed by atoms with van der Waals surface area (Å²) in [7, 11) is 0.